The SMILES string of the molecule is CNCCC(Cl)c1cccs1.CNCCC(O)c1cccs1.CNCCC(Oc1cccc2ccccc12)c1cccs1.CNCCC(Oc1cccc2ccccc12)c1cccs1.Cl.Oc1cccc2ccccc12. The summed E-state index contributed by atoms with van der Waals surface area (Å²) in [6.07, 6.45) is 3.62. The van der Waals surface area contributed by atoms with Gasteiger partial charge in [0.05, 0.1) is 11.5 Å². The highest BCUT2D eigenvalue weighted by Crippen LogP contribution is 2.35. The number of nitrogens with one attached hydrogen (secondary N) is 4. The van der Waals surface area contributed by atoms with Gasteiger partial charge in [0, 0.05) is 48.5 Å². The Morgan fingerprint density at radius 3 is 1.18 bits per heavy atom. The summed E-state index contributed by atoms with van der Waals surface area (Å²) in [6.45, 7) is 3.71. The summed E-state index contributed by atoms with van der Waals surface area (Å²) in [7, 11) is 7.78. The third kappa shape index (κ3) is 19.9. The van der Waals surface area contributed by atoms with Crippen molar-refractivity contribution < 1.29 is 19.7 Å². The van der Waals surface area contributed by atoms with E-state index in [9.17, 15) is 10.2 Å². The van der Waals surface area contributed by atoms with Gasteiger partial charge in [-0.25, -0.2) is 0 Å². The second kappa shape index (κ2) is 35.2. The van der Waals surface area contributed by atoms with Crippen LogP contribution in [0.15, 0.2) is 197 Å². The number of aromatic hydroxyl groups is 1. The van der Waals surface area contributed by atoms with E-state index in [1.807, 2.05) is 88.2 Å². The van der Waals surface area contributed by atoms with Crippen LogP contribution in [0, 0.1) is 0 Å². The Morgan fingerprint density at radius 1 is 0.408 bits per heavy atom. The van der Waals surface area contributed by atoms with E-state index < -0.39 is 0 Å². The van der Waals surface area contributed by atoms with E-state index in [1.54, 1.807) is 51.4 Å². The van der Waals surface area contributed by atoms with Crippen molar-refractivity contribution >= 4 is 102 Å². The highest BCUT2D eigenvalue weighted by molar-refractivity contribution is 7.10. The summed E-state index contributed by atoms with van der Waals surface area (Å²) in [5, 5.41) is 46.6. The van der Waals surface area contributed by atoms with Gasteiger partial charge < -0.3 is 41.0 Å². The summed E-state index contributed by atoms with van der Waals surface area (Å²) in [5.41, 5.74) is 0. The molecule has 0 fully saturated rings. The molecule has 4 atom stereocenters. The van der Waals surface area contributed by atoms with E-state index in [-0.39, 0.29) is 36.1 Å². The molecule has 0 amide bonds. The van der Waals surface area contributed by atoms with Gasteiger partial charge in [-0.2, -0.15) is 0 Å². The maximum Gasteiger partial charge on any atom is 0.134 e. The summed E-state index contributed by atoms with van der Waals surface area (Å²) in [5.74, 6) is 2.27. The summed E-state index contributed by atoms with van der Waals surface area (Å²) in [4.78, 5) is 4.87. The lowest BCUT2D eigenvalue weighted by Crippen LogP contribution is -2.15. The Labute approximate surface area is 477 Å². The standard InChI is InChI=1S/2C18H19NOS.C10H8O.C8H12ClNS.C8H13NOS.ClH/c2*1-19-12-11-17(18-10-5-13-21-18)20-16-9-4-7-14-6-2-3-8-15(14)16;11-10-7-3-5-8-4-1-2-6-9(8)10;1-10-5-4-7(9)8-3-2-6-11-8;1-9-5-4-7(10)8-3-2-6-11-8;/h2*2-10,13,17,19H,11-12H2,1H3;1-7,11H;2-3,6-7,10H,4-5H2,1H3;2-3,6-7,9-10H,4-5H2,1H3;1H. The lowest BCUT2D eigenvalue weighted by molar-refractivity contribution is 0.171. The zero-order valence-corrected chi connectivity index (χ0v) is 48.5. The number of ether oxygens (including phenoxy) is 2. The van der Waals surface area contributed by atoms with Crippen LogP contribution in [0.4, 0.5) is 0 Å². The van der Waals surface area contributed by atoms with Crippen LogP contribution in [0.2, 0.25) is 0 Å². The Kier molecular flexibility index (Phi) is 28.5. The first kappa shape index (κ1) is 61.5. The molecule has 10 aromatic rings. The first-order valence-corrected chi connectivity index (χ1v) is 29.3. The molecule has 0 aliphatic heterocycles. The Hall–Kier alpha value is -5.32. The second-order valence-electron chi connectivity index (χ2n) is 17.3. The normalized spacial score (nSPS) is 12.2. The number of aliphatic hydroxyl groups excluding tert-OH is 1. The number of fused-ring (bicyclic) bond motifs is 3. The molecule has 0 saturated carbocycles. The molecule has 6 aromatic carbocycles. The third-order valence-corrected chi connectivity index (χ3v) is 16.3. The molecule has 6 N–H and O–H groups in total. The molecule has 402 valence electrons. The molecule has 0 bridgehead atoms. The minimum atomic E-state index is -0.289. The molecule has 4 heterocycles. The maximum absolute atomic E-state index is 9.51. The van der Waals surface area contributed by atoms with Gasteiger partial charge in [-0.3, -0.25) is 0 Å². The Balaban J connectivity index is 0.000000181. The second-order valence-corrected chi connectivity index (χ2v) is 21.7. The van der Waals surface area contributed by atoms with E-state index in [2.05, 4.69) is 153 Å². The highest BCUT2D eigenvalue weighted by Gasteiger charge is 2.17. The van der Waals surface area contributed by atoms with E-state index in [4.69, 9.17) is 21.1 Å². The van der Waals surface area contributed by atoms with Crippen molar-refractivity contribution in [2.45, 2.75) is 49.4 Å². The first-order valence-electron chi connectivity index (χ1n) is 25.3. The van der Waals surface area contributed by atoms with Crippen LogP contribution >= 0.6 is 69.4 Å². The average Bonchev–Trinajstić information content (AvgIpc) is 4.33. The Morgan fingerprint density at radius 2 is 0.763 bits per heavy atom. The fourth-order valence-electron chi connectivity index (χ4n) is 7.92. The van der Waals surface area contributed by atoms with Gasteiger partial charge in [-0.05, 0) is 147 Å². The van der Waals surface area contributed by atoms with Gasteiger partial charge in [0.15, 0.2) is 0 Å². The molecule has 0 spiro atoms. The zero-order chi connectivity index (χ0) is 52.9. The highest BCUT2D eigenvalue weighted by atomic mass is 35.5. The van der Waals surface area contributed by atoms with Crippen molar-refractivity contribution in [1.82, 2.24) is 21.3 Å². The number of phenolic OH excluding ortho intramolecular Hbond substituents is 1. The summed E-state index contributed by atoms with van der Waals surface area (Å²) >= 11 is 12.9. The lowest BCUT2D eigenvalue weighted by atomic mass is 10.1. The van der Waals surface area contributed by atoms with Crippen LogP contribution in [0.25, 0.3) is 32.3 Å². The van der Waals surface area contributed by atoms with Crippen molar-refractivity contribution in [3.63, 3.8) is 0 Å². The van der Waals surface area contributed by atoms with Crippen LogP contribution in [-0.2, 0) is 0 Å². The topological polar surface area (TPSA) is 107 Å². The number of halogens is 2. The number of hydrogen-bond acceptors (Lipinski definition) is 12. The zero-order valence-electron chi connectivity index (χ0n) is 43.6. The van der Waals surface area contributed by atoms with Crippen LogP contribution in [-0.4, -0.2) is 64.6 Å². The molecule has 0 aliphatic carbocycles. The van der Waals surface area contributed by atoms with Crippen molar-refractivity contribution in [2.75, 3.05) is 54.4 Å². The molecule has 14 heteroatoms. The molecule has 0 aliphatic rings. The molecule has 4 unspecified atom stereocenters. The Bertz CT molecular complexity index is 2870. The van der Waals surface area contributed by atoms with Crippen molar-refractivity contribution in [3.05, 3.63) is 217 Å². The van der Waals surface area contributed by atoms with E-state index in [1.165, 1.54) is 36.2 Å². The number of thiophene rings is 4. The van der Waals surface area contributed by atoms with Crippen LogP contribution < -0.4 is 30.7 Å². The molecule has 76 heavy (non-hydrogen) atoms. The lowest BCUT2D eigenvalue weighted by Gasteiger charge is -2.19. The fourth-order valence-corrected chi connectivity index (χ4v) is 11.3. The number of rotatable bonds is 20. The molecule has 0 radical (unpaired) electrons. The predicted octanol–water partition coefficient (Wildman–Crippen LogP) is 16.3. The number of phenols is 1. The summed E-state index contributed by atoms with van der Waals surface area (Å²) in [6, 6.07) is 59.0. The maximum atomic E-state index is 9.51. The summed E-state index contributed by atoms with van der Waals surface area (Å²) < 4.78 is 12.7. The van der Waals surface area contributed by atoms with Crippen LogP contribution in [0.3, 0.4) is 0 Å². The molecule has 8 nitrogen and oxygen atoms in total. The molecule has 0 saturated heterocycles. The number of benzene rings is 6. The smallest absolute Gasteiger partial charge is 0.134 e. The van der Waals surface area contributed by atoms with Crippen molar-refractivity contribution in [2.24, 2.45) is 0 Å². The molecular formula is C62H72Cl2N4O4S4. The number of hydrogen-bond donors (Lipinski definition) is 6. The predicted molar refractivity (Wildman–Crippen MR) is 332 cm³/mol. The minimum absolute atomic E-state index is 0. The van der Waals surface area contributed by atoms with E-state index in [0.29, 0.717) is 5.75 Å². The van der Waals surface area contributed by atoms with Gasteiger partial charge in [-0.15, -0.1) is 69.4 Å². The number of alkyl halides is 1. The third-order valence-electron chi connectivity index (χ3n) is 11.9. The van der Waals surface area contributed by atoms with Gasteiger partial charge in [-0.1, -0.05) is 133 Å². The van der Waals surface area contributed by atoms with Crippen LogP contribution in [0.1, 0.15) is 68.9 Å². The fraction of sp³-hybridized carbons (Fsp3) is 0.258. The molecule has 4 aromatic heterocycles. The molecule has 10 rings (SSSR count). The van der Waals surface area contributed by atoms with Crippen molar-refractivity contribution in [1.29, 1.82) is 0 Å². The van der Waals surface area contributed by atoms with Gasteiger partial charge >= 0.3 is 0 Å². The van der Waals surface area contributed by atoms with Gasteiger partial charge in [0.2, 0.25) is 0 Å². The van der Waals surface area contributed by atoms with E-state index in [0.717, 1.165) is 79.0 Å². The largest absolute Gasteiger partial charge is 0.507 e. The van der Waals surface area contributed by atoms with Gasteiger partial charge in [0.25, 0.3) is 0 Å². The average molecular weight is 1140 g/mol. The quantitative estimate of drug-likeness (QED) is 0.0419. The van der Waals surface area contributed by atoms with Gasteiger partial charge in [0.1, 0.15) is 29.5 Å². The van der Waals surface area contributed by atoms with Crippen molar-refractivity contribution in [3.8, 4) is 17.2 Å². The van der Waals surface area contributed by atoms with E-state index >= 15 is 0 Å². The monoisotopic (exact) mass is 1130 g/mol. The number of aliphatic hydroxyl groups is 1. The minimum Gasteiger partial charge on any atom is -0.507 e. The molecular weight excluding hydrogens is 1060 g/mol. The first-order chi connectivity index (χ1) is 36.8. The van der Waals surface area contributed by atoms with Crippen LogP contribution in [0.5, 0.6) is 17.2 Å².